The molecule has 1 aromatic heterocycles. The third-order valence-corrected chi connectivity index (χ3v) is 3.75. The average Bonchev–Trinajstić information content (AvgIpc) is 2.27. The fraction of sp³-hybridized carbons (Fsp3) is 0.583. The van der Waals surface area contributed by atoms with Crippen LogP contribution in [0.3, 0.4) is 0 Å². The van der Waals surface area contributed by atoms with Gasteiger partial charge >= 0.3 is 0 Å². The van der Waals surface area contributed by atoms with Crippen molar-refractivity contribution < 1.29 is 0 Å². The topological polar surface area (TPSA) is 38.9 Å². The summed E-state index contributed by atoms with van der Waals surface area (Å²) in [5, 5.41) is 1.73. The summed E-state index contributed by atoms with van der Waals surface area (Å²) in [4.78, 5) is 4.24. The smallest absolute Gasteiger partial charge is 0.0960 e. The maximum atomic E-state index is 5.77. The zero-order chi connectivity index (χ0) is 12.0. The van der Waals surface area contributed by atoms with Crippen LogP contribution in [0.1, 0.15) is 26.7 Å². The Morgan fingerprint density at radius 1 is 1.44 bits per heavy atom. The van der Waals surface area contributed by atoms with Crippen LogP contribution < -0.4 is 5.73 Å². The van der Waals surface area contributed by atoms with Crippen molar-refractivity contribution in [1.29, 1.82) is 0 Å². The molecule has 0 bridgehead atoms. The van der Waals surface area contributed by atoms with Crippen LogP contribution in [0.4, 0.5) is 0 Å². The molecule has 0 atom stereocenters. The van der Waals surface area contributed by atoms with Gasteiger partial charge < -0.3 is 5.73 Å². The summed E-state index contributed by atoms with van der Waals surface area (Å²) >= 11 is 7.54. The number of hydrogen-bond donors (Lipinski definition) is 1. The lowest BCUT2D eigenvalue weighted by Gasteiger charge is -2.21. The Hall–Kier alpha value is -0.250. The molecule has 1 rings (SSSR count). The summed E-state index contributed by atoms with van der Waals surface area (Å²) in [5.74, 6) is 1.08. The lowest BCUT2D eigenvalue weighted by molar-refractivity contribution is 0.345. The van der Waals surface area contributed by atoms with E-state index in [1.54, 1.807) is 18.0 Å². The van der Waals surface area contributed by atoms with Gasteiger partial charge in [0, 0.05) is 6.20 Å². The number of nitrogens with two attached hydrogens (primary N) is 1. The van der Waals surface area contributed by atoms with Crippen LogP contribution in [0.15, 0.2) is 23.4 Å². The van der Waals surface area contributed by atoms with Crippen molar-refractivity contribution >= 4 is 23.4 Å². The van der Waals surface area contributed by atoms with E-state index in [9.17, 15) is 0 Å². The molecular weight excluding hydrogens is 240 g/mol. The number of hydrogen-bond acceptors (Lipinski definition) is 3. The first kappa shape index (κ1) is 13.8. The molecule has 0 aliphatic carbocycles. The predicted octanol–water partition coefficient (Wildman–Crippen LogP) is 3.59. The van der Waals surface area contributed by atoms with Crippen LogP contribution in [-0.4, -0.2) is 17.3 Å². The van der Waals surface area contributed by atoms with Gasteiger partial charge in [-0.15, -0.1) is 11.8 Å². The zero-order valence-electron chi connectivity index (χ0n) is 9.87. The summed E-state index contributed by atoms with van der Waals surface area (Å²) in [5.41, 5.74) is 5.94. The van der Waals surface area contributed by atoms with Crippen LogP contribution in [0.2, 0.25) is 5.02 Å². The van der Waals surface area contributed by atoms with Crippen LogP contribution in [-0.2, 0) is 0 Å². The standard InChI is InChI=1S/C12H19ClN2S/c1-12(2,9-14)6-3-7-16-11-5-4-10(13)8-15-11/h4-5,8H,3,6-7,9,14H2,1-2H3. The van der Waals surface area contributed by atoms with Gasteiger partial charge in [0.05, 0.1) is 10.0 Å². The van der Waals surface area contributed by atoms with Gasteiger partial charge in [-0.2, -0.15) is 0 Å². The Morgan fingerprint density at radius 3 is 2.75 bits per heavy atom. The number of pyridine rings is 1. The number of rotatable bonds is 6. The quantitative estimate of drug-likeness (QED) is 0.626. The second-order valence-electron chi connectivity index (χ2n) is 4.64. The van der Waals surface area contributed by atoms with E-state index in [4.69, 9.17) is 17.3 Å². The number of nitrogens with zero attached hydrogens (tertiary/aromatic N) is 1. The van der Waals surface area contributed by atoms with E-state index < -0.39 is 0 Å². The van der Waals surface area contributed by atoms with Crippen molar-refractivity contribution in [3.63, 3.8) is 0 Å². The second-order valence-corrected chi connectivity index (χ2v) is 6.19. The highest BCUT2D eigenvalue weighted by molar-refractivity contribution is 7.99. The van der Waals surface area contributed by atoms with Crippen molar-refractivity contribution in [3.8, 4) is 0 Å². The molecule has 0 saturated carbocycles. The highest BCUT2D eigenvalue weighted by Crippen LogP contribution is 2.24. The fourth-order valence-electron chi connectivity index (χ4n) is 1.28. The van der Waals surface area contributed by atoms with E-state index in [1.165, 1.54) is 6.42 Å². The molecule has 0 amide bonds. The molecule has 0 aromatic carbocycles. The molecule has 1 heterocycles. The third-order valence-electron chi connectivity index (χ3n) is 2.50. The molecule has 90 valence electrons. The average molecular weight is 259 g/mol. The van der Waals surface area contributed by atoms with Crippen LogP contribution in [0.5, 0.6) is 0 Å². The summed E-state index contributed by atoms with van der Waals surface area (Å²) in [6, 6.07) is 3.84. The molecule has 4 heteroatoms. The molecule has 2 nitrogen and oxygen atoms in total. The van der Waals surface area contributed by atoms with Crippen molar-refractivity contribution in [2.45, 2.75) is 31.7 Å². The molecule has 0 aliphatic rings. The molecule has 0 spiro atoms. The normalized spacial score (nSPS) is 11.8. The fourth-order valence-corrected chi connectivity index (χ4v) is 2.18. The Labute approximate surface area is 107 Å². The van der Waals surface area contributed by atoms with Gasteiger partial charge in [0.25, 0.3) is 0 Å². The highest BCUT2D eigenvalue weighted by atomic mass is 35.5. The monoisotopic (exact) mass is 258 g/mol. The van der Waals surface area contributed by atoms with Crippen molar-refractivity contribution in [2.75, 3.05) is 12.3 Å². The maximum absolute atomic E-state index is 5.77. The van der Waals surface area contributed by atoms with Gasteiger partial charge in [-0.1, -0.05) is 25.4 Å². The van der Waals surface area contributed by atoms with Gasteiger partial charge in [0.1, 0.15) is 0 Å². The molecule has 16 heavy (non-hydrogen) atoms. The van der Waals surface area contributed by atoms with Crippen LogP contribution in [0.25, 0.3) is 0 Å². The molecule has 0 aliphatic heterocycles. The largest absolute Gasteiger partial charge is 0.330 e. The Bertz CT molecular complexity index is 311. The third kappa shape index (κ3) is 5.19. The minimum atomic E-state index is 0.258. The summed E-state index contributed by atoms with van der Waals surface area (Å²) in [6.07, 6.45) is 4.01. The first-order valence-electron chi connectivity index (χ1n) is 5.48. The van der Waals surface area contributed by atoms with Gasteiger partial charge in [-0.05, 0) is 42.7 Å². The summed E-state index contributed by atoms with van der Waals surface area (Å²) < 4.78 is 0. The molecule has 2 N–H and O–H groups in total. The molecule has 1 aromatic rings. The van der Waals surface area contributed by atoms with E-state index in [1.807, 2.05) is 12.1 Å². The minimum absolute atomic E-state index is 0.258. The Balaban J connectivity index is 2.23. The SMILES string of the molecule is CC(C)(CN)CCCSc1ccc(Cl)cn1. The van der Waals surface area contributed by atoms with E-state index in [2.05, 4.69) is 18.8 Å². The van der Waals surface area contributed by atoms with Gasteiger partial charge in [0.15, 0.2) is 0 Å². The molecular formula is C12H19ClN2S. The molecule has 0 unspecified atom stereocenters. The molecule has 0 radical (unpaired) electrons. The lowest BCUT2D eigenvalue weighted by atomic mass is 9.88. The zero-order valence-corrected chi connectivity index (χ0v) is 11.4. The van der Waals surface area contributed by atoms with Gasteiger partial charge in [-0.25, -0.2) is 4.98 Å². The summed E-state index contributed by atoms with van der Waals surface area (Å²) in [7, 11) is 0. The highest BCUT2D eigenvalue weighted by Gasteiger charge is 2.14. The van der Waals surface area contributed by atoms with E-state index in [0.717, 1.165) is 23.7 Å². The van der Waals surface area contributed by atoms with Crippen LogP contribution >= 0.6 is 23.4 Å². The number of thioether (sulfide) groups is 1. The van der Waals surface area contributed by atoms with E-state index in [-0.39, 0.29) is 5.41 Å². The Morgan fingerprint density at radius 2 is 2.19 bits per heavy atom. The first-order chi connectivity index (χ1) is 7.53. The van der Waals surface area contributed by atoms with Gasteiger partial charge in [-0.3, -0.25) is 0 Å². The predicted molar refractivity (Wildman–Crippen MR) is 72.0 cm³/mol. The van der Waals surface area contributed by atoms with E-state index >= 15 is 0 Å². The molecule has 0 saturated heterocycles. The maximum Gasteiger partial charge on any atom is 0.0960 e. The summed E-state index contributed by atoms with van der Waals surface area (Å²) in [6.45, 7) is 5.16. The van der Waals surface area contributed by atoms with Crippen molar-refractivity contribution in [1.82, 2.24) is 4.98 Å². The van der Waals surface area contributed by atoms with Gasteiger partial charge in [0.2, 0.25) is 0 Å². The van der Waals surface area contributed by atoms with E-state index in [0.29, 0.717) is 5.02 Å². The minimum Gasteiger partial charge on any atom is -0.330 e. The number of aromatic nitrogens is 1. The number of halogens is 1. The second kappa shape index (κ2) is 6.48. The van der Waals surface area contributed by atoms with Crippen LogP contribution in [0, 0.1) is 5.41 Å². The first-order valence-corrected chi connectivity index (χ1v) is 6.84. The van der Waals surface area contributed by atoms with Crippen molar-refractivity contribution in [3.05, 3.63) is 23.4 Å². The van der Waals surface area contributed by atoms with Crippen molar-refractivity contribution in [2.24, 2.45) is 11.1 Å². The lowest BCUT2D eigenvalue weighted by Crippen LogP contribution is -2.23. The Kier molecular flexibility index (Phi) is 5.59. The molecule has 0 fully saturated rings.